The molecule has 1 aliphatic heterocycles. The highest BCUT2D eigenvalue weighted by Crippen LogP contribution is 2.35. The van der Waals surface area contributed by atoms with Crippen LogP contribution in [0.25, 0.3) is 45.0 Å². The number of hydrogen-bond acceptors (Lipinski definition) is 16. The fourth-order valence-electron chi connectivity index (χ4n) is 18.3. The number of aromatic carboxylic acids is 6. The minimum atomic E-state index is -4.44. The number of carboxylic acid groups (broad SMARTS) is 6. The van der Waals surface area contributed by atoms with E-state index in [1.807, 2.05) is 161 Å². The van der Waals surface area contributed by atoms with E-state index < -0.39 is 47.6 Å². The quantitative estimate of drug-likeness (QED) is 0.0228. The van der Waals surface area contributed by atoms with Crippen LogP contribution >= 0.6 is 0 Å². The number of aryl methyl sites for hydroxylation is 14. The molecule has 28 nitrogen and oxygen atoms in total. The van der Waals surface area contributed by atoms with Crippen LogP contribution in [0.2, 0.25) is 0 Å². The number of rotatable bonds is 30. The summed E-state index contributed by atoms with van der Waals surface area (Å²) in [5, 5.41) is 57.3. The number of halogens is 4. The van der Waals surface area contributed by atoms with Crippen LogP contribution in [0.5, 0.6) is 11.5 Å². The Morgan fingerprint density at radius 2 is 0.682 bits per heavy atom. The molecule has 148 heavy (non-hydrogen) atoms. The van der Waals surface area contributed by atoms with Crippen molar-refractivity contribution in [2.75, 3.05) is 44.7 Å². The third-order valence-electron chi connectivity index (χ3n) is 25.9. The summed E-state index contributed by atoms with van der Waals surface area (Å²) in [7, 11) is 2.16. The van der Waals surface area contributed by atoms with Crippen molar-refractivity contribution in [2.24, 2.45) is 0 Å². The molecule has 20 rings (SSSR count). The minimum absolute atomic E-state index is 0.0238. The van der Waals surface area contributed by atoms with E-state index in [0.717, 1.165) is 108 Å². The molecule has 19 aromatic rings. The fraction of sp³-hybridized carbons (Fsp3) is 0.224. The van der Waals surface area contributed by atoms with Crippen LogP contribution in [0.4, 0.5) is 23.2 Å². The van der Waals surface area contributed by atoms with Gasteiger partial charge in [-0.15, -0.1) is 0 Å². The van der Waals surface area contributed by atoms with E-state index >= 15 is 0 Å². The van der Waals surface area contributed by atoms with Crippen molar-refractivity contribution in [1.82, 2.24) is 61.2 Å². The molecule has 12 aromatic heterocycles. The van der Waals surface area contributed by atoms with Gasteiger partial charge in [0, 0.05) is 106 Å². The van der Waals surface area contributed by atoms with Crippen LogP contribution in [0.15, 0.2) is 305 Å². The Hall–Kier alpha value is -17.4. The lowest BCUT2D eigenvalue weighted by Crippen LogP contribution is -2.44. The lowest BCUT2D eigenvalue weighted by molar-refractivity contribution is -0.138. The predicted octanol–water partition coefficient (Wildman–Crippen LogP) is 21.6. The number of anilines is 1. The molecule has 1 saturated heterocycles. The van der Waals surface area contributed by atoms with Gasteiger partial charge in [0.1, 0.15) is 85.4 Å². The maximum Gasteiger partial charge on any atom is 0.416 e. The van der Waals surface area contributed by atoms with Crippen molar-refractivity contribution >= 4 is 75.4 Å². The van der Waals surface area contributed by atoms with Gasteiger partial charge in [-0.2, -0.15) is 13.2 Å². The second kappa shape index (κ2) is 48.3. The molecule has 0 atom stereocenters. The molecular formula is C116H112F4N14O14. The van der Waals surface area contributed by atoms with Crippen molar-refractivity contribution in [3.05, 3.63) is 434 Å². The molecule has 0 spiro atoms. The molecule has 0 saturated carbocycles. The van der Waals surface area contributed by atoms with E-state index in [9.17, 15) is 77.0 Å². The summed E-state index contributed by atoms with van der Waals surface area (Å²) in [4.78, 5) is 99.5. The molecule has 7 aromatic carbocycles. The van der Waals surface area contributed by atoms with Crippen LogP contribution in [-0.4, -0.2) is 174 Å². The fourth-order valence-corrected chi connectivity index (χ4v) is 18.3. The van der Waals surface area contributed by atoms with Gasteiger partial charge in [-0.1, -0.05) is 163 Å². The number of aromatic nitrogens is 12. The topological polar surface area (TPSA) is 353 Å². The van der Waals surface area contributed by atoms with E-state index in [1.54, 1.807) is 134 Å². The van der Waals surface area contributed by atoms with Gasteiger partial charge in [-0.3, -0.25) is 26.4 Å². The van der Waals surface area contributed by atoms with Crippen molar-refractivity contribution in [1.29, 1.82) is 0 Å². The molecule has 1 fully saturated rings. The normalized spacial score (nSPS) is 11.9. The Kier molecular flexibility index (Phi) is 34.2. The summed E-state index contributed by atoms with van der Waals surface area (Å²) in [6.07, 6.45) is 22.0. The van der Waals surface area contributed by atoms with Crippen molar-refractivity contribution in [2.45, 2.75) is 131 Å². The zero-order valence-electron chi connectivity index (χ0n) is 82.7. The number of pyridine rings is 6. The van der Waals surface area contributed by atoms with E-state index in [0.29, 0.717) is 113 Å². The molecule has 13 heterocycles. The number of piperazine rings is 1. The van der Waals surface area contributed by atoms with Gasteiger partial charge in [0.15, 0.2) is 0 Å². The van der Waals surface area contributed by atoms with Gasteiger partial charge in [0.05, 0.1) is 18.3 Å². The molecule has 6 N–H and O–H groups in total. The van der Waals surface area contributed by atoms with Crippen molar-refractivity contribution < 1.29 is 86.4 Å². The van der Waals surface area contributed by atoms with E-state index in [4.69, 9.17) is 9.47 Å². The van der Waals surface area contributed by atoms with Crippen LogP contribution in [0.3, 0.4) is 0 Å². The van der Waals surface area contributed by atoms with Crippen LogP contribution < -0.4 is 14.4 Å². The average molecular weight is 2000 g/mol. The summed E-state index contributed by atoms with van der Waals surface area (Å²) in [6.45, 7) is 16.1. The first-order valence-corrected chi connectivity index (χ1v) is 48.5. The first-order chi connectivity index (χ1) is 71.4. The van der Waals surface area contributed by atoms with Crippen molar-refractivity contribution in [3.8, 4) is 22.6 Å². The second-order valence-corrected chi connectivity index (χ2v) is 36.0. The number of para-hydroxylation sites is 1. The summed E-state index contributed by atoms with van der Waals surface area (Å²) in [5.74, 6) is -4.38. The molecule has 0 amide bonds. The first-order valence-electron chi connectivity index (χ1n) is 48.5. The smallest absolute Gasteiger partial charge is 0.416 e. The molecule has 32 heteroatoms. The number of benzene rings is 7. The summed E-state index contributed by atoms with van der Waals surface area (Å²) < 4.78 is 74.7. The maximum absolute atomic E-state index is 14.3. The molecule has 0 radical (unpaired) electrons. The number of fused-ring (bicyclic) bond motifs is 6. The summed E-state index contributed by atoms with van der Waals surface area (Å²) >= 11 is 0. The molecule has 1 aliphatic rings. The Labute approximate surface area is 850 Å². The van der Waals surface area contributed by atoms with Gasteiger partial charge >= 0.3 is 42.0 Å². The standard InChI is InChI=1S/C22H18N2O2.C21H24N4O2.C19H20N2O3.C18H15F3N2O2.C18H17FN2O2.C18H18N2O3/c25-22(26)21-18(12-13-20-23-14-15-24(20)21)11-10-17-8-4-5-9-19(17)16-6-2-1-3-7-16;1-23-12-14-24(15-13-23)18-7-3-16(4-8-18)2-5-17-6-9-19-22-10-11-25(19)20(17)21(26)27;1-13(2)24-16-8-4-14(5-9-16)3-6-15-7-10-17-20-11-12-21(17)18(15)19(22)23;1-11-2-3-12(14(10-11)18(19,20)21)4-5-13-6-7-15-22-8-9-23(15)16(13)17(24)25;1-11-3-4-13(16(19)12(11)2)5-6-14-7-8-15-20-9-10-21(15)17(14)18(22)23;1-2-23-15-6-4-3-5-13(15)7-8-14-9-10-16-19-11-12-20(16)17(14)18(21)22/h1-9,12-15H,10-11H2,(H,25,26);3-4,6-11H,2,5,12-15H2,1H3,(H,26,27);4-5,7-13H,3,6H2,1-2H3,(H,22,23);2-3,6-10H,4-5H2,1H3,(H,24,25);3-4,7-10H,5-6H2,1-2H3,(H,22,23);3-6,9-12H,2,7-8H2,1H3,(H,21,22). The zero-order valence-corrected chi connectivity index (χ0v) is 82.7. The number of nitrogens with zero attached hydrogens (tertiary/aromatic N) is 14. The van der Waals surface area contributed by atoms with E-state index in [1.165, 1.54) is 50.8 Å². The maximum atomic E-state index is 14.3. The largest absolute Gasteiger partial charge is 0.494 e. The zero-order chi connectivity index (χ0) is 105. The van der Waals surface area contributed by atoms with Gasteiger partial charge in [0.25, 0.3) is 0 Å². The van der Waals surface area contributed by atoms with E-state index in [2.05, 4.69) is 95.3 Å². The molecule has 0 aliphatic carbocycles. The lowest BCUT2D eigenvalue weighted by Gasteiger charge is -2.34. The Morgan fingerprint density at radius 3 is 1.06 bits per heavy atom. The third kappa shape index (κ3) is 25.7. The Bertz CT molecular complexity index is 7940. The number of imidazole rings is 6. The van der Waals surface area contributed by atoms with E-state index in [-0.39, 0.29) is 58.8 Å². The van der Waals surface area contributed by atoms with Gasteiger partial charge in [-0.05, 0) is 287 Å². The second-order valence-electron chi connectivity index (χ2n) is 36.0. The number of likely N-dealkylation sites (N-methyl/N-ethyl adjacent to an activating group) is 1. The Balaban J connectivity index is 0.000000133. The molecular weight excluding hydrogens is 1890 g/mol. The number of carbonyl (C=O) groups is 6. The minimum Gasteiger partial charge on any atom is -0.494 e. The number of ether oxygens (including phenoxy) is 2. The lowest BCUT2D eigenvalue weighted by atomic mass is 9.95. The average Bonchev–Trinajstić information content (AvgIpc) is 1.77. The monoisotopic (exact) mass is 2000 g/mol. The Morgan fingerprint density at radius 1 is 0.358 bits per heavy atom. The highest BCUT2D eigenvalue weighted by molar-refractivity contribution is 5.92. The van der Waals surface area contributed by atoms with Gasteiger partial charge in [-0.25, -0.2) is 63.1 Å². The van der Waals surface area contributed by atoms with Crippen LogP contribution in [0.1, 0.15) is 173 Å². The SMILES string of the molecule is CC(C)Oc1ccc(CCc2ccc3nccn3c2C(=O)O)cc1.CCOc1ccccc1CCc1ccc2nccn2c1C(=O)O.CN1CCN(c2ccc(CCc3ccc4nccn4c3C(=O)O)cc2)CC1.Cc1ccc(CCc2ccc3nccn3c2C(=O)O)c(C(F)(F)F)c1.Cc1ccc(CCc2ccc3nccn3c2C(=O)O)c(F)c1C.O=C(O)c1c(CCc2ccccc2-c2ccccc2)ccc2nccn12. The summed E-state index contributed by atoms with van der Waals surface area (Å²) in [5.41, 5.74) is 19.8. The van der Waals surface area contributed by atoms with Crippen LogP contribution in [-0.2, 0) is 83.2 Å². The first kappa shape index (κ1) is 105. The number of carboxylic acids is 6. The van der Waals surface area contributed by atoms with Gasteiger partial charge < -0.3 is 49.9 Å². The van der Waals surface area contributed by atoms with Crippen molar-refractivity contribution in [3.63, 3.8) is 0 Å². The molecule has 758 valence electrons. The molecule has 0 bridgehead atoms. The number of hydrogen-bond donors (Lipinski definition) is 6. The van der Waals surface area contributed by atoms with Crippen LogP contribution in [0, 0.1) is 26.6 Å². The predicted molar refractivity (Wildman–Crippen MR) is 557 cm³/mol. The highest BCUT2D eigenvalue weighted by Gasteiger charge is 2.34. The number of alkyl halides is 3. The highest BCUT2D eigenvalue weighted by atomic mass is 19.4. The summed E-state index contributed by atoms with van der Waals surface area (Å²) in [6, 6.07) is 72.5. The molecule has 0 unspecified atom stereocenters. The van der Waals surface area contributed by atoms with Gasteiger partial charge in [0.2, 0.25) is 0 Å². The third-order valence-corrected chi connectivity index (χ3v) is 25.9.